The lowest BCUT2D eigenvalue weighted by atomic mass is 10.1. The quantitative estimate of drug-likeness (QED) is 0.735. The van der Waals surface area contributed by atoms with E-state index in [1.165, 1.54) is 6.92 Å². The van der Waals surface area contributed by atoms with Crippen LogP contribution >= 0.6 is 11.6 Å². The molecule has 1 aromatic carbocycles. The van der Waals surface area contributed by atoms with Gasteiger partial charge in [0.2, 0.25) is 0 Å². The van der Waals surface area contributed by atoms with Gasteiger partial charge in [-0.2, -0.15) is 0 Å². The molecule has 2 N–H and O–H groups in total. The summed E-state index contributed by atoms with van der Waals surface area (Å²) in [6.07, 6.45) is 0. The van der Waals surface area contributed by atoms with Crippen LogP contribution in [0.15, 0.2) is 24.3 Å². The molecule has 132 valence electrons. The summed E-state index contributed by atoms with van der Waals surface area (Å²) < 4.78 is 4.91. The molecule has 6 nitrogen and oxygen atoms in total. The third-order valence-corrected chi connectivity index (χ3v) is 3.88. The number of benzene rings is 1. The van der Waals surface area contributed by atoms with Crippen LogP contribution in [0.3, 0.4) is 0 Å². The van der Waals surface area contributed by atoms with E-state index in [4.69, 9.17) is 16.3 Å². The van der Waals surface area contributed by atoms with E-state index in [-0.39, 0.29) is 35.1 Å². The van der Waals surface area contributed by atoms with Crippen LogP contribution in [0.25, 0.3) is 0 Å². The summed E-state index contributed by atoms with van der Waals surface area (Å²) in [5, 5.41) is 5.51. The Labute approximate surface area is 146 Å². The summed E-state index contributed by atoms with van der Waals surface area (Å²) in [6, 6.07) is 5.59. The maximum absolute atomic E-state index is 12.1. The second-order valence-corrected chi connectivity index (χ2v) is 6.29. The Hall–Kier alpha value is -2.08. The lowest BCUT2D eigenvalue weighted by Crippen LogP contribution is -2.42. The van der Waals surface area contributed by atoms with E-state index < -0.39 is 17.9 Å². The highest BCUT2D eigenvalue weighted by Gasteiger charge is 2.20. The average molecular weight is 355 g/mol. The molecule has 2 atom stereocenters. The van der Waals surface area contributed by atoms with Gasteiger partial charge < -0.3 is 15.4 Å². The van der Waals surface area contributed by atoms with E-state index in [0.29, 0.717) is 0 Å². The molecule has 2 amide bonds. The van der Waals surface area contributed by atoms with Crippen molar-refractivity contribution in [3.8, 4) is 0 Å². The van der Waals surface area contributed by atoms with Gasteiger partial charge in [0, 0.05) is 6.04 Å². The second kappa shape index (κ2) is 9.27. The molecule has 0 radical (unpaired) electrons. The summed E-state index contributed by atoms with van der Waals surface area (Å²) >= 11 is 5.93. The summed E-state index contributed by atoms with van der Waals surface area (Å²) in [4.78, 5) is 35.6. The minimum Gasteiger partial charge on any atom is -0.454 e. The fourth-order valence-corrected chi connectivity index (χ4v) is 1.92. The van der Waals surface area contributed by atoms with Crippen molar-refractivity contribution in [3.05, 3.63) is 34.9 Å². The summed E-state index contributed by atoms with van der Waals surface area (Å²) in [7, 11) is 0. The van der Waals surface area contributed by atoms with Crippen LogP contribution in [0.1, 0.15) is 38.1 Å². The van der Waals surface area contributed by atoms with Crippen LogP contribution in [0.5, 0.6) is 0 Å². The van der Waals surface area contributed by atoms with E-state index in [2.05, 4.69) is 10.6 Å². The number of nitrogens with one attached hydrogen (secondary N) is 2. The van der Waals surface area contributed by atoms with Crippen molar-refractivity contribution in [1.82, 2.24) is 10.6 Å². The van der Waals surface area contributed by atoms with E-state index in [1.54, 1.807) is 24.3 Å². The van der Waals surface area contributed by atoms with E-state index >= 15 is 0 Å². The Balaban J connectivity index is 2.46. The molecule has 1 rings (SSSR count). The Morgan fingerprint density at radius 1 is 1.08 bits per heavy atom. The minimum absolute atomic E-state index is 0.0199. The molecule has 0 aliphatic rings. The van der Waals surface area contributed by atoms with Crippen LogP contribution in [-0.2, 0) is 14.3 Å². The van der Waals surface area contributed by atoms with Gasteiger partial charge in [-0.3, -0.25) is 9.59 Å². The van der Waals surface area contributed by atoms with Gasteiger partial charge in [-0.25, -0.2) is 4.79 Å². The number of halogens is 1. The normalized spacial score (nSPS) is 13.1. The molecule has 7 heteroatoms. The van der Waals surface area contributed by atoms with Crippen molar-refractivity contribution in [1.29, 1.82) is 0 Å². The summed E-state index contributed by atoms with van der Waals surface area (Å²) in [5.41, 5.74) is 0.266. The molecule has 1 aromatic rings. The van der Waals surface area contributed by atoms with Crippen molar-refractivity contribution in [2.45, 2.75) is 39.8 Å². The number of hydrogen-bond acceptors (Lipinski definition) is 4. The first-order chi connectivity index (χ1) is 11.2. The molecule has 24 heavy (non-hydrogen) atoms. The van der Waals surface area contributed by atoms with Crippen LogP contribution in [0.2, 0.25) is 5.02 Å². The predicted molar refractivity (Wildman–Crippen MR) is 91.8 cm³/mol. The van der Waals surface area contributed by atoms with Crippen LogP contribution in [-0.4, -0.2) is 36.5 Å². The highest BCUT2D eigenvalue weighted by Crippen LogP contribution is 2.14. The van der Waals surface area contributed by atoms with Crippen molar-refractivity contribution in [3.63, 3.8) is 0 Å². The maximum Gasteiger partial charge on any atom is 0.328 e. The third kappa shape index (κ3) is 6.20. The largest absolute Gasteiger partial charge is 0.454 e. The molecule has 1 unspecified atom stereocenters. The van der Waals surface area contributed by atoms with Gasteiger partial charge in [0.15, 0.2) is 6.61 Å². The average Bonchev–Trinajstić information content (AvgIpc) is 2.52. The number of hydrogen-bond donors (Lipinski definition) is 2. The second-order valence-electron chi connectivity index (χ2n) is 5.88. The van der Waals surface area contributed by atoms with Gasteiger partial charge in [0.05, 0.1) is 10.6 Å². The molecule has 0 saturated carbocycles. The Bertz CT molecular complexity index is 604. The smallest absolute Gasteiger partial charge is 0.328 e. The standard InChI is InChI=1S/C17H23ClN2O4/c1-10(2)11(3)19-15(21)9-24-17(23)12(4)20-16(22)13-7-5-6-8-14(13)18/h5-8,10-12H,9H2,1-4H3,(H,19,21)(H,20,22)/t11?,12-/m1/s1. The monoisotopic (exact) mass is 354 g/mol. The number of carbonyl (C=O) groups is 3. The topological polar surface area (TPSA) is 84.5 Å². The zero-order chi connectivity index (χ0) is 18.3. The fourth-order valence-electron chi connectivity index (χ4n) is 1.70. The first kappa shape index (κ1) is 20.0. The zero-order valence-corrected chi connectivity index (χ0v) is 15.0. The van der Waals surface area contributed by atoms with Crippen molar-refractivity contribution < 1.29 is 19.1 Å². The molecule has 0 spiro atoms. The number of carbonyl (C=O) groups excluding carboxylic acids is 3. The molecular formula is C17H23ClN2O4. The molecule has 0 heterocycles. The zero-order valence-electron chi connectivity index (χ0n) is 14.3. The van der Waals surface area contributed by atoms with Gasteiger partial charge in [0.25, 0.3) is 11.8 Å². The van der Waals surface area contributed by atoms with Crippen LogP contribution in [0.4, 0.5) is 0 Å². The van der Waals surface area contributed by atoms with Gasteiger partial charge >= 0.3 is 5.97 Å². The third-order valence-electron chi connectivity index (χ3n) is 3.55. The molecule has 0 aromatic heterocycles. The Kier molecular flexibility index (Phi) is 7.71. The molecule has 0 saturated heterocycles. The van der Waals surface area contributed by atoms with Gasteiger partial charge in [-0.05, 0) is 31.9 Å². The van der Waals surface area contributed by atoms with Crippen LogP contribution in [0, 0.1) is 5.92 Å². The highest BCUT2D eigenvalue weighted by atomic mass is 35.5. The van der Waals surface area contributed by atoms with Gasteiger partial charge in [-0.1, -0.05) is 37.6 Å². The number of esters is 1. The minimum atomic E-state index is -0.899. The van der Waals surface area contributed by atoms with Crippen LogP contribution < -0.4 is 10.6 Å². The summed E-state index contributed by atoms with van der Waals surface area (Å²) in [6.45, 7) is 6.91. The first-order valence-electron chi connectivity index (χ1n) is 7.73. The van der Waals surface area contributed by atoms with Gasteiger partial charge in [0.1, 0.15) is 6.04 Å². The van der Waals surface area contributed by atoms with E-state index in [9.17, 15) is 14.4 Å². The SMILES string of the molecule is CC(C)C(C)NC(=O)COC(=O)[C@@H](C)NC(=O)c1ccccc1Cl. The molecule has 0 bridgehead atoms. The molecular weight excluding hydrogens is 332 g/mol. The first-order valence-corrected chi connectivity index (χ1v) is 8.11. The molecule has 0 aliphatic heterocycles. The number of amides is 2. The molecule has 0 fully saturated rings. The van der Waals surface area contributed by atoms with Crippen molar-refractivity contribution in [2.24, 2.45) is 5.92 Å². The Morgan fingerprint density at radius 3 is 2.29 bits per heavy atom. The summed E-state index contributed by atoms with van der Waals surface area (Å²) in [5.74, 6) is -1.28. The van der Waals surface area contributed by atoms with E-state index in [1.807, 2.05) is 20.8 Å². The molecule has 0 aliphatic carbocycles. The predicted octanol–water partition coefficient (Wildman–Crippen LogP) is 2.16. The number of ether oxygens (including phenoxy) is 1. The lowest BCUT2D eigenvalue weighted by molar-refractivity contribution is -0.150. The van der Waals surface area contributed by atoms with E-state index in [0.717, 1.165) is 0 Å². The number of rotatable bonds is 7. The Morgan fingerprint density at radius 2 is 1.71 bits per heavy atom. The van der Waals surface area contributed by atoms with Gasteiger partial charge in [-0.15, -0.1) is 0 Å². The lowest BCUT2D eigenvalue weighted by Gasteiger charge is -2.18. The highest BCUT2D eigenvalue weighted by molar-refractivity contribution is 6.33. The fraction of sp³-hybridized carbons (Fsp3) is 0.471. The van der Waals surface area contributed by atoms with Crippen molar-refractivity contribution >= 4 is 29.4 Å². The van der Waals surface area contributed by atoms with Crippen molar-refractivity contribution in [2.75, 3.05) is 6.61 Å². The maximum atomic E-state index is 12.1.